The second kappa shape index (κ2) is 5.65. The summed E-state index contributed by atoms with van der Waals surface area (Å²) < 4.78 is 13.4. The Morgan fingerprint density at radius 1 is 1.38 bits per heavy atom. The van der Waals surface area contributed by atoms with Crippen molar-refractivity contribution in [3.05, 3.63) is 35.6 Å². The van der Waals surface area contributed by atoms with Crippen molar-refractivity contribution >= 4 is 11.6 Å². The van der Waals surface area contributed by atoms with Gasteiger partial charge in [-0.25, -0.2) is 4.39 Å². The van der Waals surface area contributed by atoms with E-state index in [1.807, 2.05) is 12.1 Å². The molecule has 1 nitrogen and oxygen atoms in total. The lowest BCUT2D eigenvalue weighted by molar-refractivity contribution is 0.310. The van der Waals surface area contributed by atoms with Gasteiger partial charge >= 0.3 is 0 Å². The first-order valence-corrected chi connectivity index (χ1v) is 6.35. The van der Waals surface area contributed by atoms with Crippen LogP contribution in [0.3, 0.4) is 0 Å². The van der Waals surface area contributed by atoms with Crippen LogP contribution >= 0.6 is 11.6 Å². The summed E-state index contributed by atoms with van der Waals surface area (Å²) in [6.45, 7) is 2.85. The molecule has 3 heteroatoms. The predicted octanol–water partition coefficient (Wildman–Crippen LogP) is 3.28. The van der Waals surface area contributed by atoms with Crippen LogP contribution in [-0.2, 0) is 6.54 Å². The molecule has 0 radical (unpaired) electrons. The molecular formula is C13H17ClFN. The van der Waals surface area contributed by atoms with Crippen LogP contribution in [0.2, 0.25) is 0 Å². The Labute approximate surface area is 101 Å². The second-order valence-electron chi connectivity index (χ2n) is 4.46. The van der Waals surface area contributed by atoms with Crippen LogP contribution in [0.5, 0.6) is 0 Å². The molecule has 0 aliphatic carbocycles. The smallest absolute Gasteiger partial charge is 0.127 e. The molecule has 16 heavy (non-hydrogen) atoms. The summed E-state index contributed by atoms with van der Waals surface area (Å²) in [5.74, 6) is 1.34. The Bertz CT molecular complexity index is 342. The lowest BCUT2D eigenvalue weighted by atomic mass is 10.1. The maximum atomic E-state index is 13.4. The number of rotatable bonds is 4. The van der Waals surface area contributed by atoms with Gasteiger partial charge in [0.25, 0.3) is 0 Å². The highest BCUT2D eigenvalue weighted by Gasteiger charge is 2.22. The Hall–Kier alpha value is -0.600. The van der Waals surface area contributed by atoms with E-state index >= 15 is 0 Å². The van der Waals surface area contributed by atoms with Crippen molar-refractivity contribution in [2.45, 2.75) is 19.4 Å². The van der Waals surface area contributed by atoms with Gasteiger partial charge in [0, 0.05) is 24.5 Å². The molecule has 2 rings (SSSR count). The fourth-order valence-electron chi connectivity index (χ4n) is 2.31. The molecule has 0 aromatic heterocycles. The molecular weight excluding hydrogens is 225 g/mol. The number of hydrogen-bond acceptors (Lipinski definition) is 1. The molecule has 0 saturated carbocycles. The Balaban J connectivity index is 1.90. The Morgan fingerprint density at radius 3 is 2.94 bits per heavy atom. The van der Waals surface area contributed by atoms with Crippen molar-refractivity contribution in [3.63, 3.8) is 0 Å². The largest absolute Gasteiger partial charge is 0.299 e. The summed E-state index contributed by atoms with van der Waals surface area (Å²) in [6.07, 6.45) is 2.27. The van der Waals surface area contributed by atoms with Gasteiger partial charge in [-0.2, -0.15) is 0 Å². The van der Waals surface area contributed by atoms with E-state index < -0.39 is 0 Å². The van der Waals surface area contributed by atoms with Gasteiger partial charge in [0.05, 0.1) is 0 Å². The van der Waals surface area contributed by atoms with Crippen LogP contribution in [0.25, 0.3) is 0 Å². The first-order chi connectivity index (χ1) is 7.79. The van der Waals surface area contributed by atoms with Gasteiger partial charge in [0.1, 0.15) is 5.82 Å². The van der Waals surface area contributed by atoms with Crippen molar-refractivity contribution < 1.29 is 4.39 Å². The molecule has 1 heterocycles. The van der Waals surface area contributed by atoms with Crippen LogP contribution < -0.4 is 0 Å². The first-order valence-electron chi connectivity index (χ1n) is 5.81. The highest BCUT2D eigenvalue weighted by Crippen LogP contribution is 2.22. The van der Waals surface area contributed by atoms with E-state index in [-0.39, 0.29) is 5.82 Å². The molecule has 1 aliphatic heterocycles. The number of likely N-dealkylation sites (tertiary alicyclic amines) is 1. The molecule has 0 amide bonds. The minimum absolute atomic E-state index is 0.0942. The van der Waals surface area contributed by atoms with Crippen molar-refractivity contribution in [1.82, 2.24) is 4.90 Å². The van der Waals surface area contributed by atoms with E-state index in [1.165, 1.54) is 12.5 Å². The van der Waals surface area contributed by atoms with Gasteiger partial charge in [-0.05, 0) is 31.4 Å². The molecule has 1 unspecified atom stereocenters. The lowest BCUT2D eigenvalue weighted by Gasteiger charge is -2.16. The van der Waals surface area contributed by atoms with Crippen LogP contribution in [0.1, 0.15) is 18.4 Å². The third-order valence-electron chi connectivity index (χ3n) is 3.24. The summed E-state index contributed by atoms with van der Waals surface area (Å²) in [5, 5.41) is 0. The van der Waals surface area contributed by atoms with Crippen LogP contribution in [0.4, 0.5) is 4.39 Å². The number of nitrogens with zero attached hydrogens (tertiary/aromatic N) is 1. The average molecular weight is 242 g/mol. The molecule has 1 aliphatic rings. The molecule has 0 bridgehead atoms. The summed E-state index contributed by atoms with van der Waals surface area (Å²) in [6, 6.07) is 7.02. The average Bonchev–Trinajstić information content (AvgIpc) is 2.70. The van der Waals surface area contributed by atoms with E-state index in [9.17, 15) is 4.39 Å². The Kier molecular flexibility index (Phi) is 4.19. The van der Waals surface area contributed by atoms with Crippen molar-refractivity contribution in [2.24, 2.45) is 5.92 Å². The van der Waals surface area contributed by atoms with Gasteiger partial charge in [-0.3, -0.25) is 4.90 Å². The molecule has 0 spiro atoms. The quantitative estimate of drug-likeness (QED) is 0.732. The van der Waals surface area contributed by atoms with Gasteiger partial charge in [0.15, 0.2) is 0 Å². The minimum atomic E-state index is -0.0942. The van der Waals surface area contributed by atoms with Gasteiger partial charge in [-0.15, -0.1) is 11.6 Å². The maximum Gasteiger partial charge on any atom is 0.127 e. The summed E-state index contributed by atoms with van der Waals surface area (Å²) in [7, 11) is 0. The molecule has 88 valence electrons. The van der Waals surface area contributed by atoms with E-state index in [1.54, 1.807) is 6.07 Å². The third-order valence-corrected chi connectivity index (χ3v) is 3.46. The van der Waals surface area contributed by atoms with Gasteiger partial charge in [-0.1, -0.05) is 18.2 Å². The monoisotopic (exact) mass is 241 g/mol. The van der Waals surface area contributed by atoms with E-state index in [2.05, 4.69) is 4.90 Å². The SMILES string of the molecule is Fc1ccccc1CN1CCC(CCCl)C1. The summed E-state index contributed by atoms with van der Waals surface area (Å²) in [5.41, 5.74) is 0.800. The maximum absolute atomic E-state index is 13.4. The van der Waals surface area contributed by atoms with Crippen LogP contribution in [0, 0.1) is 11.7 Å². The normalized spacial score (nSPS) is 21.5. The van der Waals surface area contributed by atoms with Crippen LogP contribution in [0.15, 0.2) is 24.3 Å². The van der Waals surface area contributed by atoms with Crippen LogP contribution in [-0.4, -0.2) is 23.9 Å². The molecule has 1 fully saturated rings. The van der Waals surface area contributed by atoms with E-state index in [0.29, 0.717) is 5.92 Å². The topological polar surface area (TPSA) is 3.24 Å². The predicted molar refractivity (Wildman–Crippen MR) is 65.1 cm³/mol. The zero-order chi connectivity index (χ0) is 11.4. The fraction of sp³-hybridized carbons (Fsp3) is 0.538. The Morgan fingerprint density at radius 2 is 2.19 bits per heavy atom. The number of alkyl halides is 1. The van der Waals surface area contributed by atoms with E-state index in [0.717, 1.165) is 37.5 Å². The molecule has 1 aromatic carbocycles. The van der Waals surface area contributed by atoms with Gasteiger partial charge in [0.2, 0.25) is 0 Å². The molecule has 1 saturated heterocycles. The van der Waals surface area contributed by atoms with Crippen molar-refractivity contribution in [1.29, 1.82) is 0 Å². The third kappa shape index (κ3) is 2.96. The highest BCUT2D eigenvalue weighted by molar-refractivity contribution is 6.17. The molecule has 1 atom stereocenters. The number of halogens is 2. The zero-order valence-corrected chi connectivity index (χ0v) is 10.1. The minimum Gasteiger partial charge on any atom is -0.299 e. The van der Waals surface area contributed by atoms with E-state index in [4.69, 9.17) is 11.6 Å². The first kappa shape index (κ1) is 11.9. The zero-order valence-electron chi connectivity index (χ0n) is 9.33. The van der Waals surface area contributed by atoms with Gasteiger partial charge < -0.3 is 0 Å². The van der Waals surface area contributed by atoms with Crippen molar-refractivity contribution in [3.8, 4) is 0 Å². The number of hydrogen-bond donors (Lipinski definition) is 0. The fourth-order valence-corrected chi connectivity index (χ4v) is 2.62. The summed E-state index contributed by atoms with van der Waals surface area (Å²) >= 11 is 5.74. The molecule has 0 N–H and O–H groups in total. The second-order valence-corrected chi connectivity index (χ2v) is 4.84. The standard InChI is InChI=1S/C13H17ClFN/c14-7-5-11-6-8-16(9-11)10-12-3-1-2-4-13(12)15/h1-4,11H,5-10H2. The highest BCUT2D eigenvalue weighted by atomic mass is 35.5. The lowest BCUT2D eigenvalue weighted by Crippen LogP contribution is -2.20. The molecule has 1 aromatic rings. The van der Waals surface area contributed by atoms with Crippen molar-refractivity contribution in [2.75, 3.05) is 19.0 Å². The summed E-state index contributed by atoms with van der Waals surface area (Å²) in [4.78, 5) is 2.32. The number of benzene rings is 1.